The Morgan fingerprint density at radius 3 is 2.71 bits per heavy atom. The number of nitrogens with one attached hydrogen (secondary N) is 2. The SMILES string of the molecule is CCNC(=NCCCOC1CCOC1)NCCN(CC)C1CC1.I. The Bertz CT molecular complexity index is 347. The first-order chi connectivity index (χ1) is 11.3. The molecule has 2 N–H and O–H groups in total. The van der Waals surface area contributed by atoms with Gasteiger partial charge in [0, 0.05) is 45.4 Å². The van der Waals surface area contributed by atoms with Crippen LogP contribution in [-0.4, -0.2) is 75.5 Å². The Labute approximate surface area is 164 Å². The number of hydrogen-bond acceptors (Lipinski definition) is 4. The number of guanidine groups is 1. The standard InChI is InChI=1S/C17H34N4O2.HI/c1-3-18-17(20-10-11-21(4-2)15-6-7-15)19-9-5-12-23-16-8-13-22-14-16;/h15-16H,3-14H2,1-2H3,(H2,18,19,20);1H. The number of likely N-dealkylation sites (N-methyl/N-ethyl adjacent to an activating group) is 1. The fourth-order valence-electron chi connectivity index (χ4n) is 2.85. The van der Waals surface area contributed by atoms with Crippen LogP contribution in [0.1, 0.15) is 39.5 Å². The third-order valence-corrected chi connectivity index (χ3v) is 4.32. The average Bonchev–Trinajstić information content (AvgIpc) is 3.27. The molecule has 0 bridgehead atoms. The molecule has 1 saturated carbocycles. The van der Waals surface area contributed by atoms with Gasteiger partial charge in [-0.05, 0) is 39.2 Å². The lowest BCUT2D eigenvalue weighted by atomic mass is 10.3. The van der Waals surface area contributed by atoms with Crippen molar-refractivity contribution in [3.8, 4) is 0 Å². The van der Waals surface area contributed by atoms with E-state index in [4.69, 9.17) is 9.47 Å². The van der Waals surface area contributed by atoms with Crippen LogP contribution in [0.5, 0.6) is 0 Å². The molecule has 0 aromatic carbocycles. The molecule has 7 heteroatoms. The largest absolute Gasteiger partial charge is 0.379 e. The third kappa shape index (κ3) is 8.82. The first-order valence-electron chi connectivity index (χ1n) is 9.29. The minimum atomic E-state index is 0. The van der Waals surface area contributed by atoms with E-state index in [-0.39, 0.29) is 24.0 Å². The molecule has 0 aromatic heterocycles. The number of hydrogen-bond donors (Lipinski definition) is 2. The fourth-order valence-corrected chi connectivity index (χ4v) is 2.85. The van der Waals surface area contributed by atoms with Crippen molar-refractivity contribution in [3.05, 3.63) is 0 Å². The monoisotopic (exact) mass is 454 g/mol. The molecule has 0 aromatic rings. The van der Waals surface area contributed by atoms with Gasteiger partial charge in [-0.25, -0.2) is 0 Å². The second-order valence-electron chi connectivity index (χ2n) is 6.26. The molecule has 1 unspecified atom stereocenters. The lowest BCUT2D eigenvalue weighted by Gasteiger charge is -2.20. The number of halogens is 1. The van der Waals surface area contributed by atoms with Crippen molar-refractivity contribution in [3.63, 3.8) is 0 Å². The van der Waals surface area contributed by atoms with Crippen molar-refractivity contribution in [1.29, 1.82) is 0 Å². The molecular formula is C17H35IN4O2. The molecule has 2 aliphatic rings. The zero-order valence-electron chi connectivity index (χ0n) is 15.3. The second kappa shape index (κ2) is 13.1. The van der Waals surface area contributed by atoms with E-state index in [2.05, 4.69) is 34.4 Å². The van der Waals surface area contributed by atoms with Crippen LogP contribution in [0.2, 0.25) is 0 Å². The van der Waals surface area contributed by atoms with Gasteiger partial charge < -0.3 is 20.1 Å². The van der Waals surface area contributed by atoms with Gasteiger partial charge >= 0.3 is 0 Å². The summed E-state index contributed by atoms with van der Waals surface area (Å²) in [7, 11) is 0. The fraction of sp³-hybridized carbons (Fsp3) is 0.941. The molecule has 1 saturated heterocycles. The van der Waals surface area contributed by atoms with Crippen molar-refractivity contribution in [2.75, 3.05) is 52.5 Å². The summed E-state index contributed by atoms with van der Waals surface area (Å²) in [6, 6.07) is 0.832. The number of rotatable bonds is 11. The highest BCUT2D eigenvalue weighted by atomic mass is 127. The zero-order valence-corrected chi connectivity index (χ0v) is 17.6. The number of aliphatic imine (C=N–C) groups is 1. The zero-order chi connectivity index (χ0) is 16.3. The van der Waals surface area contributed by atoms with Crippen LogP contribution in [0, 0.1) is 0 Å². The Morgan fingerprint density at radius 2 is 2.08 bits per heavy atom. The van der Waals surface area contributed by atoms with E-state index in [9.17, 15) is 0 Å². The normalized spacial score (nSPS) is 21.0. The molecule has 1 aliphatic carbocycles. The molecule has 2 fully saturated rings. The summed E-state index contributed by atoms with van der Waals surface area (Å²) in [6.45, 7) is 11.6. The highest BCUT2D eigenvalue weighted by Crippen LogP contribution is 2.25. The van der Waals surface area contributed by atoms with Crippen LogP contribution >= 0.6 is 24.0 Å². The summed E-state index contributed by atoms with van der Waals surface area (Å²) in [6.07, 6.45) is 5.02. The van der Waals surface area contributed by atoms with E-state index in [1.54, 1.807) is 0 Å². The first kappa shape index (κ1) is 21.9. The van der Waals surface area contributed by atoms with Crippen molar-refractivity contribution in [1.82, 2.24) is 15.5 Å². The molecule has 1 heterocycles. The Hall–Kier alpha value is -0.120. The number of ether oxygens (including phenoxy) is 2. The van der Waals surface area contributed by atoms with Gasteiger partial charge in [0.2, 0.25) is 0 Å². The lowest BCUT2D eigenvalue weighted by molar-refractivity contribution is 0.0424. The Balaban J connectivity index is 0.00000288. The smallest absolute Gasteiger partial charge is 0.191 e. The van der Waals surface area contributed by atoms with Crippen molar-refractivity contribution < 1.29 is 9.47 Å². The van der Waals surface area contributed by atoms with Crippen LogP contribution < -0.4 is 10.6 Å². The summed E-state index contributed by atoms with van der Waals surface area (Å²) in [5.41, 5.74) is 0. The van der Waals surface area contributed by atoms with Crippen LogP contribution in [-0.2, 0) is 9.47 Å². The second-order valence-corrected chi connectivity index (χ2v) is 6.26. The molecular weight excluding hydrogens is 419 g/mol. The maximum absolute atomic E-state index is 5.76. The average molecular weight is 454 g/mol. The van der Waals surface area contributed by atoms with Gasteiger partial charge in [-0.1, -0.05) is 6.92 Å². The molecule has 0 amide bonds. The predicted octanol–water partition coefficient (Wildman–Crippen LogP) is 1.84. The Kier molecular flexibility index (Phi) is 12.0. The van der Waals surface area contributed by atoms with E-state index in [0.717, 1.165) is 77.4 Å². The summed E-state index contributed by atoms with van der Waals surface area (Å²) < 4.78 is 11.1. The van der Waals surface area contributed by atoms with E-state index in [1.165, 1.54) is 12.8 Å². The molecule has 6 nitrogen and oxygen atoms in total. The molecule has 0 radical (unpaired) electrons. The highest BCUT2D eigenvalue weighted by molar-refractivity contribution is 14.0. The van der Waals surface area contributed by atoms with Crippen LogP contribution in [0.25, 0.3) is 0 Å². The van der Waals surface area contributed by atoms with Crippen molar-refractivity contribution >= 4 is 29.9 Å². The Morgan fingerprint density at radius 1 is 1.25 bits per heavy atom. The number of nitrogens with zero attached hydrogens (tertiary/aromatic N) is 2. The van der Waals surface area contributed by atoms with Crippen molar-refractivity contribution in [2.24, 2.45) is 4.99 Å². The minimum Gasteiger partial charge on any atom is -0.379 e. The molecule has 142 valence electrons. The quantitative estimate of drug-likeness (QED) is 0.216. The molecule has 1 aliphatic heterocycles. The van der Waals surface area contributed by atoms with Gasteiger partial charge in [0.25, 0.3) is 0 Å². The molecule has 2 rings (SSSR count). The maximum Gasteiger partial charge on any atom is 0.191 e. The summed E-state index contributed by atoms with van der Waals surface area (Å²) in [5, 5.41) is 6.75. The molecule has 1 atom stereocenters. The van der Waals surface area contributed by atoms with E-state index < -0.39 is 0 Å². The highest BCUT2D eigenvalue weighted by Gasteiger charge is 2.27. The van der Waals surface area contributed by atoms with E-state index >= 15 is 0 Å². The topological polar surface area (TPSA) is 58.1 Å². The van der Waals surface area contributed by atoms with E-state index in [0.29, 0.717) is 6.10 Å². The third-order valence-electron chi connectivity index (χ3n) is 4.32. The van der Waals surface area contributed by atoms with Crippen molar-refractivity contribution in [2.45, 2.75) is 51.7 Å². The molecule has 0 spiro atoms. The van der Waals surface area contributed by atoms with Gasteiger partial charge in [-0.15, -0.1) is 24.0 Å². The molecule has 24 heavy (non-hydrogen) atoms. The summed E-state index contributed by atoms with van der Waals surface area (Å²) >= 11 is 0. The van der Waals surface area contributed by atoms with Gasteiger partial charge in [-0.2, -0.15) is 0 Å². The van der Waals surface area contributed by atoms with Gasteiger partial charge in [-0.3, -0.25) is 9.89 Å². The van der Waals surface area contributed by atoms with Gasteiger partial charge in [0.15, 0.2) is 5.96 Å². The van der Waals surface area contributed by atoms with Gasteiger partial charge in [0.05, 0.1) is 12.7 Å². The predicted molar refractivity (Wildman–Crippen MR) is 109 cm³/mol. The lowest BCUT2D eigenvalue weighted by Crippen LogP contribution is -2.42. The van der Waals surface area contributed by atoms with E-state index in [1.807, 2.05) is 0 Å². The van der Waals surface area contributed by atoms with Crippen LogP contribution in [0.3, 0.4) is 0 Å². The first-order valence-corrected chi connectivity index (χ1v) is 9.29. The maximum atomic E-state index is 5.76. The van der Waals surface area contributed by atoms with Gasteiger partial charge in [0.1, 0.15) is 0 Å². The van der Waals surface area contributed by atoms with Crippen LogP contribution in [0.4, 0.5) is 0 Å². The minimum absolute atomic E-state index is 0. The summed E-state index contributed by atoms with van der Waals surface area (Å²) in [5.74, 6) is 0.920. The van der Waals surface area contributed by atoms with Crippen LogP contribution in [0.15, 0.2) is 4.99 Å². The summed E-state index contributed by atoms with van der Waals surface area (Å²) in [4.78, 5) is 7.18.